The van der Waals surface area contributed by atoms with E-state index in [0.717, 1.165) is 238 Å². The summed E-state index contributed by atoms with van der Waals surface area (Å²) in [6.07, 6.45) is 24.7. The van der Waals surface area contributed by atoms with Crippen LogP contribution >= 0.6 is 56.7 Å². The van der Waals surface area contributed by atoms with Crippen molar-refractivity contribution in [2.75, 3.05) is 53.4 Å². The summed E-state index contributed by atoms with van der Waals surface area (Å²) in [5, 5.41) is 27.5. The molecule has 4 aliphatic rings. The lowest BCUT2D eigenvalue weighted by atomic mass is 10.1. The third-order valence-corrected chi connectivity index (χ3v) is 29.1. The molecule has 0 atom stereocenters. The van der Waals surface area contributed by atoms with Gasteiger partial charge in [0.25, 0.3) is 0 Å². The van der Waals surface area contributed by atoms with Crippen LogP contribution in [0.25, 0.3) is 148 Å². The number of pyridine rings is 5. The molecular formula is C104H91N31O2S5. The molecule has 0 unspecified atom stereocenters. The number of aliphatic imine (C=N–C) groups is 8. The number of esters is 1. The number of fused-ring (bicyclic) bond motifs is 5. The highest BCUT2D eigenvalue weighted by Gasteiger charge is 2.31. The number of thiazole rings is 5. The van der Waals surface area contributed by atoms with Crippen molar-refractivity contribution in [2.24, 2.45) is 58.5 Å². The largest absolute Gasteiger partial charge is 0.465 e. The van der Waals surface area contributed by atoms with E-state index in [0.29, 0.717) is 50.7 Å². The SMILES string of the molecule is COC(=O)c1cccc(-c2nc(-c3c(C)nn4ccccc34)sc2C2=NCC=N2)c1.Cc1nc2ccc(CN(C)CCN)cn2c1-c1nc(-c2ccccc2)c(-c2ncc[nH]2)s1.Cc1nn(C)cc1-c1nc(-c2c(C)nn3ccccc23)sc1C1=NCC=N1.Cc1nn2ccccc2c1-c1nc(-c2ccc(CN)cc2)c(C2=NCC=N2)s1.Cc1nn2ccccc2c1-c1nc(-c2ccc[nH]2)c(C2=NCC=N2)s1. The maximum atomic E-state index is 12.0. The number of rotatable bonds is 21. The minimum atomic E-state index is -0.386. The number of hydrogen-bond donors (Lipinski definition) is 4. The molecule has 38 heteroatoms. The van der Waals surface area contributed by atoms with Crippen molar-refractivity contribution in [2.45, 2.75) is 54.6 Å². The van der Waals surface area contributed by atoms with Crippen LogP contribution in [0.5, 0.6) is 0 Å². The monoisotopic (exact) mass is 1970 g/mol. The van der Waals surface area contributed by atoms with Crippen molar-refractivity contribution in [3.63, 3.8) is 0 Å². The first-order valence-electron chi connectivity index (χ1n) is 45.6. The summed E-state index contributed by atoms with van der Waals surface area (Å²) in [5.41, 5.74) is 39.3. The molecule has 0 aliphatic carbocycles. The van der Waals surface area contributed by atoms with Crippen LogP contribution in [-0.2, 0) is 24.9 Å². The smallest absolute Gasteiger partial charge is 0.337 e. The summed E-state index contributed by atoms with van der Waals surface area (Å²) < 4.78 is 16.4. The second-order valence-electron chi connectivity index (χ2n) is 33.4. The third-order valence-electron chi connectivity index (χ3n) is 23.7. The first kappa shape index (κ1) is 92.0. The normalized spacial score (nSPS) is 13.0. The number of carbonyl (C=O) groups is 1. The van der Waals surface area contributed by atoms with Gasteiger partial charge in [0.15, 0.2) is 23.3 Å². The van der Waals surface area contributed by atoms with Gasteiger partial charge in [-0.2, -0.15) is 25.5 Å². The van der Waals surface area contributed by atoms with E-state index in [9.17, 15) is 4.79 Å². The fraction of sp³-hybridized carbons (Fsp3) is 0.163. The van der Waals surface area contributed by atoms with E-state index >= 15 is 0 Å². The van der Waals surface area contributed by atoms with Crippen LogP contribution in [0.3, 0.4) is 0 Å². The van der Waals surface area contributed by atoms with Gasteiger partial charge in [-0.05, 0) is 139 Å². The fourth-order valence-corrected chi connectivity index (χ4v) is 23.0. The van der Waals surface area contributed by atoms with Crippen LogP contribution in [0.1, 0.15) is 75.2 Å². The van der Waals surface area contributed by atoms with Crippen molar-refractivity contribution >= 4 is 139 Å². The number of benzene rings is 3. The molecule has 6 N–H and O–H groups in total. The topological polar surface area (TPSA) is 394 Å². The standard InChI is InChI=1S/C24H25N7S.C22H17N5O2S.C21H18N6S.C19H17N7S.C18H14N6S/c1-16-21(31-15-17(8-9-19(31)28-16)14-30(2)13-10-25)24-29-20(18-6-4-3-5-7-18)22(32-24)23-26-11-12-27-23;1-13-17(16-8-3-4-11-27(16)26-13)21-25-18(19(30-21)20-23-9-10-24-20)14-6-5-7-15(12-14)22(28)29-2;1-13-17(16-4-2-3-11-27(16)26-13)21-25-18(15-7-5-14(12-22)6-8-15)19(28-21)20-23-9-10-24-20;1-11-13(10-25(3)23-11)16-17(18-20-7-8-21-18)27-19(22-16)15-12(2)24-26-9-5-4-6-14(15)26;1-11-14(13-6-2-3-10-24(13)23-11)18-22-15(12-5-4-7-19-12)16(25-18)17-20-8-9-21-17/h3-9,11-12,15H,10,13-14,25H2,1-2H3,(H,26,27);3-9,11-12H,10H2,1-2H3;2-9,11H,10,12,22H2,1H3;4-7,9-10H,8H2,1-3H3;2-8,10,19H,9H2,1H3. The lowest BCUT2D eigenvalue weighted by molar-refractivity contribution is 0.0600. The Morgan fingerprint density at radius 3 is 1.34 bits per heavy atom. The van der Waals surface area contributed by atoms with Crippen LogP contribution in [0.15, 0.2) is 272 Å². The molecule has 4 aliphatic heterocycles. The van der Waals surface area contributed by atoms with Gasteiger partial charge in [-0.3, -0.25) is 29.1 Å². The van der Waals surface area contributed by atoms with Gasteiger partial charge in [0, 0.05) is 136 Å². The maximum absolute atomic E-state index is 12.0. The summed E-state index contributed by atoms with van der Waals surface area (Å²) in [4.78, 5) is 95.6. The Kier molecular flexibility index (Phi) is 26.1. The number of likely N-dealkylation sites (N-methyl/N-ethyl adjacent to an activating group) is 1. The number of methoxy groups -OCH3 is 1. The number of aromatic amines is 2. The number of amidine groups is 4. The first-order chi connectivity index (χ1) is 69.5. The number of imidazole rings is 2. The quantitative estimate of drug-likeness (QED) is 0.0485. The van der Waals surface area contributed by atoms with E-state index in [1.807, 2.05) is 243 Å². The summed E-state index contributed by atoms with van der Waals surface area (Å²) in [6, 6.07) is 58.0. The zero-order valence-corrected chi connectivity index (χ0v) is 82.6. The van der Waals surface area contributed by atoms with Crippen LogP contribution in [0.4, 0.5) is 0 Å². The van der Waals surface area contributed by atoms with Gasteiger partial charge in [-0.1, -0.05) is 97.1 Å². The molecule has 33 nitrogen and oxygen atoms in total. The molecule has 0 radical (unpaired) electrons. The van der Waals surface area contributed by atoms with Crippen molar-refractivity contribution < 1.29 is 9.53 Å². The number of carbonyl (C=O) groups excluding carboxylic acids is 1. The minimum Gasteiger partial charge on any atom is -0.465 e. The Labute approximate surface area is 833 Å². The summed E-state index contributed by atoms with van der Waals surface area (Å²) in [7, 11) is 5.38. The Balaban J connectivity index is 0.000000105. The van der Waals surface area contributed by atoms with Gasteiger partial charge in [-0.25, -0.2) is 77.7 Å². The molecule has 21 aromatic rings. The van der Waals surface area contributed by atoms with Gasteiger partial charge in [0.1, 0.15) is 52.8 Å². The van der Waals surface area contributed by atoms with E-state index in [1.165, 1.54) is 24.0 Å². The lowest BCUT2D eigenvalue weighted by Gasteiger charge is -2.15. The average molecular weight is 1970 g/mol. The molecule has 22 heterocycles. The Morgan fingerprint density at radius 1 is 0.430 bits per heavy atom. The average Bonchev–Trinajstić information content (AvgIpc) is 1.58. The number of H-pyrrole nitrogens is 2. The second-order valence-corrected chi connectivity index (χ2v) is 38.3. The number of hydrogen-bond acceptors (Lipinski definition) is 30. The van der Waals surface area contributed by atoms with Crippen LogP contribution in [0, 0.1) is 41.5 Å². The lowest BCUT2D eigenvalue weighted by Crippen LogP contribution is -2.25. The van der Waals surface area contributed by atoms with Crippen molar-refractivity contribution in [1.29, 1.82) is 0 Å². The molecule has 3 aromatic carbocycles. The summed E-state index contributed by atoms with van der Waals surface area (Å²) >= 11 is 8.00. The van der Waals surface area contributed by atoms with Crippen LogP contribution in [-0.4, -0.2) is 210 Å². The molecule has 0 fully saturated rings. The van der Waals surface area contributed by atoms with E-state index in [-0.39, 0.29) is 5.97 Å². The number of aryl methyl sites for hydroxylation is 7. The minimum absolute atomic E-state index is 0.386. The van der Waals surface area contributed by atoms with Gasteiger partial charge in [-0.15, -0.1) is 56.7 Å². The molecule has 0 saturated carbocycles. The summed E-state index contributed by atoms with van der Waals surface area (Å²) in [5.74, 6) is 3.34. The molecule has 704 valence electrons. The maximum Gasteiger partial charge on any atom is 0.337 e. The zero-order chi connectivity index (χ0) is 97.2. The Morgan fingerprint density at radius 2 is 0.880 bits per heavy atom. The molecule has 0 bridgehead atoms. The van der Waals surface area contributed by atoms with Gasteiger partial charge >= 0.3 is 5.97 Å². The number of ether oxygens (including phenoxy) is 1. The van der Waals surface area contributed by atoms with Crippen LogP contribution in [0.2, 0.25) is 0 Å². The number of nitrogens with one attached hydrogen (secondary N) is 2. The van der Waals surface area contributed by atoms with Gasteiger partial charge in [0.05, 0.1) is 165 Å². The third kappa shape index (κ3) is 18.4. The highest BCUT2D eigenvalue weighted by molar-refractivity contribution is 7.19. The molecule has 18 aromatic heterocycles. The molecule has 0 spiro atoms. The predicted molar refractivity (Wildman–Crippen MR) is 570 cm³/mol. The van der Waals surface area contributed by atoms with E-state index < -0.39 is 0 Å². The fourth-order valence-electron chi connectivity index (χ4n) is 17.2. The molecular weight excluding hydrogens is 1880 g/mol. The second kappa shape index (κ2) is 40.2. The summed E-state index contributed by atoms with van der Waals surface area (Å²) in [6.45, 7) is 17.3. The zero-order valence-electron chi connectivity index (χ0n) is 78.5. The molecule has 0 saturated heterocycles. The van der Waals surface area contributed by atoms with Gasteiger partial charge in [0.2, 0.25) is 0 Å². The number of aromatic nitrogens is 20. The van der Waals surface area contributed by atoms with Crippen molar-refractivity contribution in [3.05, 3.63) is 302 Å². The number of nitrogens with two attached hydrogens (primary N) is 2. The number of nitrogens with zero attached hydrogens (tertiary/aromatic N) is 27. The molecule has 25 rings (SSSR count). The van der Waals surface area contributed by atoms with Crippen molar-refractivity contribution in [3.8, 4) is 120 Å². The molecule has 142 heavy (non-hydrogen) atoms. The Bertz CT molecular complexity index is 8590. The molecule has 0 amide bonds. The highest BCUT2D eigenvalue weighted by Crippen LogP contribution is 2.46. The van der Waals surface area contributed by atoms with Crippen molar-refractivity contribution in [1.82, 2.24) is 102 Å². The Hall–Kier alpha value is -16.3. The van der Waals surface area contributed by atoms with Gasteiger partial charge < -0.3 is 31.1 Å². The van der Waals surface area contributed by atoms with E-state index in [2.05, 4.69) is 158 Å². The highest BCUT2D eigenvalue weighted by atomic mass is 32.1. The van der Waals surface area contributed by atoms with E-state index in [1.54, 1.807) is 69.9 Å². The predicted octanol–water partition coefficient (Wildman–Crippen LogP) is 18.9. The first-order valence-corrected chi connectivity index (χ1v) is 49.7. The van der Waals surface area contributed by atoms with E-state index in [4.69, 9.17) is 46.1 Å². The van der Waals surface area contributed by atoms with Crippen LogP contribution < -0.4 is 11.5 Å².